The summed E-state index contributed by atoms with van der Waals surface area (Å²) in [5.74, 6) is -0.850. The molecule has 0 bridgehead atoms. The number of aldehydes is 1. The van der Waals surface area contributed by atoms with Gasteiger partial charge >= 0.3 is 0 Å². The van der Waals surface area contributed by atoms with Gasteiger partial charge in [0.2, 0.25) is 0 Å². The number of halogens is 2. The number of benzene rings is 2. The van der Waals surface area contributed by atoms with Crippen molar-refractivity contribution in [2.45, 2.75) is 16.1 Å². The van der Waals surface area contributed by atoms with E-state index in [9.17, 15) is 13.2 Å². The van der Waals surface area contributed by atoms with Crippen molar-refractivity contribution < 1.29 is 13.2 Å². The molecule has 0 radical (unpaired) electrons. The summed E-state index contributed by atoms with van der Waals surface area (Å²) in [6.07, 6.45) is 0.720. The van der Waals surface area contributed by atoms with Gasteiger partial charge in [0.25, 0.3) is 0 Å². The largest absolute Gasteiger partial charge is 0.303 e. The van der Waals surface area contributed by atoms with Crippen LogP contribution in [0.1, 0.15) is 11.5 Å². The quantitative estimate of drug-likeness (QED) is 0.785. The summed E-state index contributed by atoms with van der Waals surface area (Å²) in [6.45, 7) is 0. The van der Waals surface area contributed by atoms with Crippen LogP contribution in [0, 0.1) is 5.92 Å². The predicted molar refractivity (Wildman–Crippen MR) is 86.2 cm³/mol. The molecule has 0 spiro atoms. The van der Waals surface area contributed by atoms with Crippen LogP contribution in [0.3, 0.4) is 0 Å². The topological polar surface area (TPSA) is 51.2 Å². The lowest BCUT2D eigenvalue weighted by atomic mass is 10.1. The molecule has 1 saturated carbocycles. The Morgan fingerprint density at radius 3 is 1.86 bits per heavy atom. The van der Waals surface area contributed by atoms with Gasteiger partial charge in [0.15, 0.2) is 9.84 Å². The molecule has 2 aromatic carbocycles. The van der Waals surface area contributed by atoms with E-state index in [-0.39, 0.29) is 10.8 Å². The highest BCUT2D eigenvalue weighted by Crippen LogP contribution is 2.52. The van der Waals surface area contributed by atoms with Gasteiger partial charge in [0, 0.05) is 21.9 Å². The van der Waals surface area contributed by atoms with E-state index in [1.807, 2.05) is 0 Å². The van der Waals surface area contributed by atoms with Crippen LogP contribution in [0.25, 0.3) is 0 Å². The summed E-state index contributed by atoms with van der Waals surface area (Å²) in [7, 11) is -3.57. The highest BCUT2D eigenvalue weighted by atomic mass is 35.5. The van der Waals surface area contributed by atoms with Crippen molar-refractivity contribution in [2.24, 2.45) is 5.92 Å². The fraction of sp³-hybridized carbons (Fsp3) is 0.188. The minimum atomic E-state index is -3.57. The SMILES string of the molecule is O=C[C@@H]1[C@H](c2ccc(Cl)cc2)[C@H]1S(=O)(=O)c1ccc(Cl)cc1. The van der Waals surface area contributed by atoms with Crippen LogP contribution in [0.15, 0.2) is 53.4 Å². The van der Waals surface area contributed by atoms with E-state index in [1.165, 1.54) is 24.3 Å². The summed E-state index contributed by atoms with van der Waals surface area (Å²) >= 11 is 11.6. The van der Waals surface area contributed by atoms with Gasteiger partial charge in [-0.3, -0.25) is 0 Å². The molecule has 1 aliphatic carbocycles. The minimum absolute atomic E-state index is 0.185. The Hall–Kier alpha value is -1.36. The second kappa shape index (κ2) is 5.69. The molecular weight excluding hydrogens is 343 g/mol. The molecule has 0 N–H and O–H groups in total. The maximum Gasteiger partial charge on any atom is 0.182 e. The number of sulfone groups is 1. The van der Waals surface area contributed by atoms with Gasteiger partial charge in [-0.2, -0.15) is 0 Å². The highest BCUT2D eigenvalue weighted by Gasteiger charge is 2.58. The molecule has 3 atom stereocenters. The molecule has 0 saturated heterocycles. The standard InChI is InChI=1S/C16H12Cl2O3S/c17-11-3-1-10(2-4-11)15-14(9-19)16(15)22(20,21)13-7-5-12(18)6-8-13/h1-9,14-16H/t14-,15+,16+/m1/s1. The summed E-state index contributed by atoms with van der Waals surface area (Å²) in [5, 5.41) is 0.312. The smallest absolute Gasteiger partial charge is 0.182 e. The molecule has 0 amide bonds. The number of hydrogen-bond donors (Lipinski definition) is 0. The lowest BCUT2D eigenvalue weighted by Gasteiger charge is -2.04. The van der Waals surface area contributed by atoms with Gasteiger partial charge in [-0.1, -0.05) is 35.3 Å². The van der Waals surface area contributed by atoms with E-state index >= 15 is 0 Å². The molecule has 1 fully saturated rings. The molecular formula is C16H12Cl2O3S. The summed E-state index contributed by atoms with van der Waals surface area (Å²) in [4.78, 5) is 11.4. The molecule has 22 heavy (non-hydrogen) atoms. The normalized spacial score (nSPS) is 24.0. The number of hydrogen-bond acceptors (Lipinski definition) is 3. The van der Waals surface area contributed by atoms with Gasteiger partial charge in [-0.25, -0.2) is 8.42 Å². The Bertz CT molecular complexity index is 798. The lowest BCUT2D eigenvalue weighted by molar-refractivity contribution is -0.108. The molecule has 0 aliphatic heterocycles. The third kappa shape index (κ3) is 2.67. The Kier molecular flexibility index (Phi) is 4.02. The monoisotopic (exact) mass is 354 g/mol. The van der Waals surface area contributed by atoms with Gasteiger partial charge in [0.1, 0.15) is 6.29 Å². The Balaban J connectivity index is 1.95. The maximum absolute atomic E-state index is 12.7. The first-order valence-corrected chi connectivity index (χ1v) is 8.95. The summed E-state index contributed by atoms with van der Waals surface area (Å²) in [6, 6.07) is 12.9. The van der Waals surface area contributed by atoms with Crippen LogP contribution in [0.4, 0.5) is 0 Å². The molecule has 114 valence electrons. The Labute approximate surface area is 138 Å². The van der Waals surface area contributed by atoms with Crippen LogP contribution in [-0.2, 0) is 14.6 Å². The van der Waals surface area contributed by atoms with Crippen molar-refractivity contribution in [1.82, 2.24) is 0 Å². The molecule has 0 unspecified atom stereocenters. The maximum atomic E-state index is 12.7. The molecule has 3 rings (SSSR count). The fourth-order valence-electron chi connectivity index (χ4n) is 2.75. The van der Waals surface area contributed by atoms with E-state index in [4.69, 9.17) is 23.2 Å². The van der Waals surface area contributed by atoms with Gasteiger partial charge in [-0.05, 0) is 42.0 Å². The van der Waals surface area contributed by atoms with Crippen molar-refractivity contribution >= 4 is 39.3 Å². The third-order valence-electron chi connectivity index (χ3n) is 3.92. The van der Waals surface area contributed by atoms with Crippen molar-refractivity contribution in [3.63, 3.8) is 0 Å². The number of carbonyl (C=O) groups is 1. The Morgan fingerprint density at radius 2 is 1.36 bits per heavy atom. The first kappa shape index (κ1) is 15.5. The van der Waals surface area contributed by atoms with Crippen molar-refractivity contribution in [3.8, 4) is 0 Å². The van der Waals surface area contributed by atoms with Gasteiger partial charge < -0.3 is 4.79 Å². The van der Waals surface area contributed by atoms with E-state index in [2.05, 4.69) is 0 Å². The van der Waals surface area contributed by atoms with E-state index in [0.29, 0.717) is 10.0 Å². The minimum Gasteiger partial charge on any atom is -0.303 e. The average molecular weight is 355 g/mol. The van der Waals surface area contributed by atoms with Crippen LogP contribution in [-0.4, -0.2) is 20.0 Å². The lowest BCUT2D eigenvalue weighted by Crippen LogP contribution is -2.10. The molecule has 1 aliphatic rings. The molecule has 6 heteroatoms. The van der Waals surface area contributed by atoms with E-state index in [0.717, 1.165) is 11.8 Å². The summed E-state index contributed by atoms with van der Waals surface area (Å²) < 4.78 is 25.4. The van der Waals surface area contributed by atoms with Crippen molar-refractivity contribution in [3.05, 3.63) is 64.1 Å². The molecule has 2 aromatic rings. The molecule has 0 heterocycles. The van der Waals surface area contributed by atoms with Gasteiger partial charge in [-0.15, -0.1) is 0 Å². The predicted octanol–water partition coefficient (Wildman–Crippen LogP) is 3.75. The van der Waals surface area contributed by atoms with Gasteiger partial charge in [0.05, 0.1) is 10.1 Å². The van der Waals surface area contributed by atoms with Crippen LogP contribution < -0.4 is 0 Å². The third-order valence-corrected chi connectivity index (χ3v) is 6.68. The zero-order valence-corrected chi connectivity index (χ0v) is 13.6. The first-order chi connectivity index (χ1) is 10.4. The van der Waals surface area contributed by atoms with Crippen molar-refractivity contribution in [2.75, 3.05) is 0 Å². The second-order valence-electron chi connectivity index (χ2n) is 5.25. The van der Waals surface area contributed by atoms with Crippen LogP contribution >= 0.6 is 23.2 Å². The van der Waals surface area contributed by atoms with E-state index in [1.54, 1.807) is 24.3 Å². The average Bonchev–Trinajstić information content (AvgIpc) is 3.24. The van der Waals surface area contributed by atoms with Crippen molar-refractivity contribution in [1.29, 1.82) is 0 Å². The fourth-order valence-corrected chi connectivity index (χ4v) is 5.11. The van der Waals surface area contributed by atoms with Crippen LogP contribution in [0.5, 0.6) is 0 Å². The molecule has 3 nitrogen and oxygen atoms in total. The zero-order chi connectivity index (χ0) is 15.9. The van der Waals surface area contributed by atoms with E-state index < -0.39 is 21.0 Å². The number of carbonyl (C=O) groups excluding carboxylic acids is 1. The zero-order valence-electron chi connectivity index (χ0n) is 11.3. The Morgan fingerprint density at radius 1 is 0.864 bits per heavy atom. The van der Waals surface area contributed by atoms with Crippen LogP contribution in [0.2, 0.25) is 10.0 Å². The first-order valence-electron chi connectivity index (χ1n) is 6.65. The second-order valence-corrected chi connectivity index (χ2v) is 8.23. The highest BCUT2D eigenvalue weighted by molar-refractivity contribution is 7.92. The summed E-state index contributed by atoms with van der Waals surface area (Å²) in [5.41, 5.74) is 0.809. The number of rotatable bonds is 4. The molecule has 0 aromatic heterocycles.